The lowest BCUT2D eigenvalue weighted by molar-refractivity contribution is -0.116. The predicted octanol–water partition coefficient (Wildman–Crippen LogP) is 2.72. The Labute approximate surface area is 145 Å². The average Bonchev–Trinajstić information content (AvgIpc) is 2.61. The van der Waals surface area contributed by atoms with Crippen LogP contribution in [0.1, 0.15) is 27.9 Å². The molecule has 130 valence electrons. The molecule has 0 atom stereocenters. The van der Waals surface area contributed by atoms with Crippen molar-refractivity contribution in [2.45, 2.75) is 19.3 Å². The third kappa shape index (κ3) is 3.85. The van der Waals surface area contributed by atoms with Gasteiger partial charge in [-0.3, -0.25) is 9.59 Å². The fourth-order valence-electron chi connectivity index (χ4n) is 2.90. The van der Waals surface area contributed by atoms with Crippen molar-refractivity contribution in [3.05, 3.63) is 58.9 Å². The molecule has 0 saturated heterocycles. The molecule has 2 aromatic rings. The number of halogens is 1. The molecule has 0 bridgehead atoms. The Morgan fingerprint density at radius 2 is 2.04 bits per heavy atom. The van der Waals surface area contributed by atoms with Crippen LogP contribution in [-0.2, 0) is 17.6 Å². The third-order valence-electron chi connectivity index (χ3n) is 4.24. The van der Waals surface area contributed by atoms with Crippen molar-refractivity contribution in [3.8, 4) is 0 Å². The number of nitrogens with one attached hydrogen (secondary N) is 3. The summed E-state index contributed by atoms with van der Waals surface area (Å²) in [7, 11) is 1.85. The number of hydrogen-bond acceptors (Lipinski definition) is 3. The summed E-state index contributed by atoms with van der Waals surface area (Å²) < 4.78 is 14.3. The standard InChI is InChI=1S/C19H20FN3O2/c1-21-9-8-12-4-2-3-5-14(12)19(25)23-17-11-16-13(10-15(17)20)6-7-18(24)22-16/h2-5,10-11,21H,6-9H2,1H3,(H,22,24)(H,23,25). The lowest BCUT2D eigenvalue weighted by Crippen LogP contribution is -2.21. The largest absolute Gasteiger partial charge is 0.326 e. The minimum Gasteiger partial charge on any atom is -0.326 e. The average molecular weight is 341 g/mol. The van der Waals surface area contributed by atoms with Gasteiger partial charge in [-0.1, -0.05) is 18.2 Å². The number of benzene rings is 2. The van der Waals surface area contributed by atoms with E-state index in [4.69, 9.17) is 0 Å². The van der Waals surface area contributed by atoms with Crippen LogP contribution in [0.4, 0.5) is 15.8 Å². The SMILES string of the molecule is CNCCc1ccccc1C(=O)Nc1cc2c(cc1F)CCC(=O)N2. The molecule has 2 amide bonds. The summed E-state index contributed by atoms with van der Waals surface area (Å²) >= 11 is 0. The molecule has 2 aromatic carbocycles. The van der Waals surface area contributed by atoms with E-state index in [-0.39, 0.29) is 17.5 Å². The molecule has 1 aliphatic rings. The summed E-state index contributed by atoms with van der Waals surface area (Å²) in [6.07, 6.45) is 1.54. The van der Waals surface area contributed by atoms with Crippen molar-refractivity contribution in [2.75, 3.05) is 24.2 Å². The molecule has 0 aromatic heterocycles. The molecule has 0 saturated carbocycles. The molecule has 1 heterocycles. The summed E-state index contributed by atoms with van der Waals surface area (Å²) in [6.45, 7) is 0.740. The molecule has 0 fully saturated rings. The minimum absolute atomic E-state index is 0.0642. The van der Waals surface area contributed by atoms with Crippen LogP contribution >= 0.6 is 0 Å². The fraction of sp³-hybridized carbons (Fsp3) is 0.263. The molecule has 25 heavy (non-hydrogen) atoms. The van der Waals surface area contributed by atoms with Gasteiger partial charge in [0.1, 0.15) is 5.82 Å². The Kier molecular flexibility index (Phi) is 5.09. The maximum Gasteiger partial charge on any atom is 0.256 e. The second-order valence-electron chi connectivity index (χ2n) is 6.00. The first-order valence-corrected chi connectivity index (χ1v) is 8.24. The molecule has 0 radical (unpaired) electrons. The number of fused-ring (bicyclic) bond motifs is 1. The van der Waals surface area contributed by atoms with Crippen molar-refractivity contribution in [1.29, 1.82) is 0 Å². The topological polar surface area (TPSA) is 70.2 Å². The summed E-state index contributed by atoms with van der Waals surface area (Å²) in [4.78, 5) is 24.1. The van der Waals surface area contributed by atoms with Crippen LogP contribution in [0.3, 0.4) is 0 Å². The smallest absolute Gasteiger partial charge is 0.256 e. The molecule has 3 N–H and O–H groups in total. The molecular formula is C19H20FN3O2. The molecule has 0 spiro atoms. The number of rotatable bonds is 5. The van der Waals surface area contributed by atoms with E-state index in [9.17, 15) is 14.0 Å². The van der Waals surface area contributed by atoms with Gasteiger partial charge in [-0.15, -0.1) is 0 Å². The van der Waals surface area contributed by atoms with E-state index in [2.05, 4.69) is 16.0 Å². The molecule has 5 nitrogen and oxygen atoms in total. The molecule has 0 unspecified atom stereocenters. The first-order chi connectivity index (χ1) is 12.1. The quantitative estimate of drug-likeness (QED) is 0.783. The van der Waals surface area contributed by atoms with Gasteiger partial charge >= 0.3 is 0 Å². The highest BCUT2D eigenvalue weighted by Crippen LogP contribution is 2.29. The second-order valence-corrected chi connectivity index (χ2v) is 6.00. The lowest BCUT2D eigenvalue weighted by Gasteiger charge is -2.19. The van der Waals surface area contributed by atoms with E-state index < -0.39 is 5.82 Å². The van der Waals surface area contributed by atoms with Crippen LogP contribution in [0, 0.1) is 5.82 Å². The van der Waals surface area contributed by atoms with E-state index in [1.807, 2.05) is 19.2 Å². The van der Waals surface area contributed by atoms with Crippen LogP contribution in [0.15, 0.2) is 36.4 Å². The lowest BCUT2D eigenvalue weighted by atomic mass is 10.0. The molecule has 0 aliphatic carbocycles. The van der Waals surface area contributed by atoms with E-state index >= 15 is 0 Å². The van der Waals surface area contributed by atoms with Gasteiger partial charge in [-0.05, 0) is 55.8 Å². The predicted molar refractivity (Wildman–Crippen MR) is 95.4 cm³/mol. The number of carbonyl (C=O) groups is 2. The molecule has 1 aliphatic heterocycles. The summed E-state index contributed by atoms with van der Waals surface area (Å²) in [5.74, 6) is -0.975. The Morgan fingerprint density at radius 3 is 2.84 bits per heavy atom. The Balaban J connectivity index is 1.84. The van der Waals surface area contributed by atoms with Crippen LogP contribution < -0.4 is 16.0 Å². The number of aryl methyl sites for hydroxylation is 1. The molecule has 3 rings (SSSR count). The number of amides is 2. The second kappa shape index (κ2) is 7.44. The van der Waals surface area contributed by atoms with Gasteiger partial charge in [-0.25, -0.2) is 4.39 Å². The van der Waals surface area contributed by atoms with Gasteiger partial charge in [0.15, 0.2) is 0 Å². The van der Waals surface area contributed by atoms with E-state index in [1.54, 1.807) is 12.1 Å². The monoisotopic (exact) mass is 341 g/mol. The van der Waals surface area contributed by atoms with Gasteiger partial charge in [0.2, 0.25) is 5.91 Å². The first kappa shape index (κ1) is 17.1. The normalized spacial score (nSPS) is 13.1. The third-order valence-corrected chi connectivity index (χ3v) is 4.24. The van der Waals surface area contributed by atoms with Gasteiger partial charge < -0.3 is 16.0 Å². The van der Waals surface area contributed by atoms with Gasteiger partial charge in [0.25, 0.3) is 5.91 Å². The maximum absolute atomic E-state index is 14.3. The van der Waals surface area contributed by atoms with Crippen molar-refractivity contribution in [2.24, 2.45) is 0 Å². The highest BCUT2D eigenvalue weighted by Gasteiger charge is 2.19. The number of carbonyl (C=O) groups excluding carboxylic acids is 2. The van der Waals surface area contributed by atoms with E-state index in [0.717, 1.165) is 17.7 Å². The van der Waals surface area contributed by atoms with Crippen molar-refractivity contribution < 1.29 is 14.0 Å². The van der Waals surface area contributed by atoms with Crippen LogP contribution in [0.25, 0.3) is 0 Å². The van der Waals surface area contributed by atoms with Crippen molar-refractivity contribution >= 4 is 23.2 Å². The van der Waals surface area contributed by atoms with Crippen molar-refractivity contribution in [1.82, 2.24) is 5.32 Å². The Bertz CT molecular complexity index is 820. The van der Waals surface area contributed by atoms with Crippen LogP contribution in [0.5, 0.6) is 0 Å². The van der Waals surface area contributed by atoms with Crippen LogP contribution in [0.2, 0.25) is 0 Å². The van der Waals surface area contributed by atoms with Crippen LogP contribution in [-0.4, -0.2) is 25.4 Å². The summed E-state index contributed by atoms with van der Waals surface area (Å²) in [5.41, 5.74) is 2.76. The zero-order chi connectivity index (χ0) is 17.8. The molecular weight excluding hydrogens is 321 g/mol. The maximum atomic E-state index is 14.3. The Morgan fingerprint density at radius 1 is 1.24 bits per heavy atom. The first-order valence-electron chi connectivity index (χ1n) is 8.24. The highest BCUT2D eigenvalue weighted by molar-refractivity contribution is 6.06. The number of likely N-dealkylation sites (N-methyl/N-ethyl adjacent to an activating group) is 1. The zero-order valence-corrected chi connectivity index (χ0v) is 14.0. The summed E-state index contributed by atoms with van der Waals surface area (Å²) in [5, 5.41) is 8.38. The number of hydrogen-bond donors (Lipinski definition) is 3. The summed E-state index contributed by atoms with van der Waals surface area (Å²) in [6, 6.07) is 10.1. The highest BCUT2D eigenvalue weighted by atomic mass is 19.1. The van der Waals surface area contributed by atoms with E-state index in [0.29, 0.717) is 30.5 Å². The number of anilines is 2. The zero-order valence-electron chi connectivity index (χ0n) is 14.0. The van der Waals surface area contributed by atoms with Crippen molar-refractivity contribution in [3.63, 3.8) is 0 Å². The van der Waals surface area contributed by atoms with Gasteiger partial charge in [0, 0.05) is 17.7 Å². The fourth-order valence-corrected chi connectivity index (χ4v) is 2.90. The molecule has 6 heteroatoms. The van der Waals surface area contributed by atoms with E-state index in [1.165, 1.54) is 12.1 Å². The minimum atomic E-state index is -0.504. The van der Waals surface area contributed by atoms with Gasteiger partial charge in [0.05, 0.1) is 5.69 Å². The Hall–Kier alpha value is -2.73. The van der Waals surface area contributed by atoms with Gasteiger partial charge in [-0.2, -0.15) is 0 Å².